The summed E-state index contributed by atoms with van der Waals surface area (Å²) in [6.07, 6.45) is 1.56. The second-order valence-electron chi connectivity index (χ2n) is 6.64. The zero-order valence-electron chi connectivity index (χ0n) is 16.2. The molecule has 0 fully saturated rings. The summed E-state index contributed by atoms with van der Waals surface area (Å²) < 4.78 is 5.29. The predicted octanol–water partition coefficient (Wildman–Crippen LogP) is 5.11. The number of allylic oxidation sites excluding steroid dienone is 1. The Hall–Kier alpha value is -4.29. The van der Waals surface area contributed by atoms with Gasteiger partial charge in [0.15, 0.2) is 0 Å². The second kappa shape index (κ2) is 8.22. The zero-order valence-corrected chi connectivity index (χ0v) is 17.0. The lowest BCUT2D eigenvalue weighted by Gasteiger charge is -2.02. The van der Waals surface area contributed by atoms with Crippen LogP contribution in [0.3, 0.4) is 0 Å². The molecule has 9 heteroatoms. The number of hydrogen-bond donors (Lipinski definition) is 1. The van der Waals surface area contributed by atoms with Gasteiger partial charge in [0.2, 0.25) is 0 Å². The second-order valence-corrected chi connectivity index (χ2v) is 7.50. The van der Waals surface area contributed by atoms with Crippen LogP contribution in [-0.4, -0.2) is 9.91 Å². The number of nitro benzene ring substituents is 1. The van der Waals surface area contributed by atoms with Crippen LogP contribution in [-0.2, 0) is 0 Å². The van der Waals surface area contributed by atoms with Crippen molar-refractivity contribution in [2.45, 2.75) is 6.92 Å². The van der Waals surface area contributed by atoms with E-state index in [4.69, 9.17) is 4.42 Å². The molecule has 0 amide bonds. The van der Waals surface area contributed by atoms with Crippen LogP contribution in [0.5, 0.6) is 0 Å². The van der Waals surface area contributed by atoms with E-state index in [1.165, 1.54) is 35.6 Å². The topological polar surface area (TPSA) is 122 Å². The molecule has 0 atom stereocenters. The van der Waals surface area contributed by atoms with Gasteiger partial charge in [-0.3, -0.25) is 10.1 Å². The van der Waals surface area contributed by atoms with Crippen LogP contribution < -0.4 is 10.9 Å². The van der Waals surface area contributed by atoms with Gasteiger partial charge in [0.05, 0.1) is 16.2 Å². The number of benzene rings is 2. The fourth-order valence-corrected chi connectivity index (χ4v) is 3.66. The van der Waals surface area contributed by atoms with Crippen molar-refractivity contribution in [2.75, 3.05) is 5.32 Å². The minimum absolute atomic E-state index is 0.108. The first-order chi connectivity index (χ1) is 14.9. The molecule has 0 saturated heterocycles. The normalized spacial score (nSPS) is 11.3. The number of nitro groups is 1. The molecule has 0 aliphatic carbocycles. The summed E-state index contributed by atoms with van der Waals surface area (Å²) in [5.74, 6) is 0. The van der Waals surface area contributed by atoms with Gasteiger partial charge in [-0.05, 0) is 31.2 Å². The van der Waals surface area contributed by atoms with E-state index in [-0.39, 0.29) is 16.8 Å². The third kappa shape index (κ3) is 4.19. The Morgan fingerprint density at radius 2 is 2.03 bits per heavy atom. The molecule has 0 saturated carbocycles. The number of hydrogen-bond acceptors (Lipinski definition) is 8. The van der Waals surface area contributed by atoms with Crippen molar-refractivity contribution < 1.29 is 9.34 Å². The molecule has 0 radical (unpaired) electrons. The van der Waals surface area contributed by atoms with Gasteiger partial charge in [0, 0.05) is 34.8 Å². The van der Waals surface area contributed by atoms with E-state index in [0.717, 1.165) is 11.3 Å². The lowest BCUT2D eigenvalue weighted by molar-refractivity contribution is -0.384. The van der Waals surface area contributed by atoms with Crippen LogP contribution in [0.2, 0.25) is 0 Å². The number of non-ortho nitro benzene ring substituents is 1. The van der Waals surface area contributed by atoms with Gasteiger partial charge in [-0.1, -0.05) is 17.7 Å². The third-order valence-electron chi connectivity index (χ3n) is 4.49. The molecule has 4 rings (SSSR count). The van der Waals surface area contributed by atoms with Crippen LogP contribution in [0.15, 0.2) is 69.3 Å². The molecule has 0 spiro atoms. The Labute approximate surface area is 179 Å². The summed E-state index contributed by atoms with van der Waals surface area (Å²) in [6.45, 7) is 1.99. The molecule has 31 heavy (non-hydrogen) atoms. The minimum Gasteiger partial charge on any atom is -0.422 e. The molecule has 0 aliphatic rings. The zero-order chi connectivity index (χ0) is 22.0. The van der Waals surface area contributed by atoms with E-state index in [1.54, 1.807) is 11.6 Å². The highest BCUT2D eigenvalue weighted by molar-refractivity contribution is 7.11. The number of nitrogens with one attached hydrogen (secondary N) is 1. The smallest absolute Gasteiger partial charge is 0.345 e. The molecule has 8 nitrogen and oxygen atoms in total. The fraction of sp³-hybridized carbons (Fsp3) is 0.0455. The van der Waals surface area contributed by atoms with Crippen molar-refractivity contribution >= 4 is 39.3 Å². The van der Waals surface area contributed by atoms with E-state index in [0.29, 0.717) is 21.7 Å². The first kappa shape index (κ1) is 20.0. The van der Waals surface area contributed by atoms with Crippen LogP contribution in [0.4, 0.5) is 11.4 Å². The lowest BCUT2D eigenvalue weighted by Crippen LogP contribution is -2.03. The van der Waals surface area contributed by atoms with E-state index in [9.17, 15) is 20.2 Å². The molecular formula is C22H14N4O4S. The Kier molecular flexibility index (Phi) is 5.30. The monoisotopic (exact) mass is 430 g/mol. The van der Waals surface area contributed by atoms with Crippen LogP contribution >= 0.6 is 11.3 Å². The molecule has 2 heterocycles. The van der Waals surface area contributed by atoms with Gasteiger partial charge in [0.25, 0.3) is 5.69 Å². The van der Waals surface area contributed by atoms with Crippen molar-refractivity contribution in [2.24, 2.45) is 0 Å². The van der Waals surface area contributed by atoms with E-state index in [2.05, 4.69) is 16.4 Å². The van der Waals surface area contributed by atoms with Gasteiger partial charge >= 0.3 is 5.63 Å². The standard InChI is InChI=1S/C22H14N4O4S/c1-13-2-4-16(5-3-13)24-11-15(10-23)21-25-19(12-31-21)18-9-14-8-17(26(28)29)6-7-20(14)30-22(18)27/h2-9,11-12,24H,1H3/b15-11+. The first-order valence-corrected chi connectivity index (χ1v) is 9.94. The van der Waals surface area contributed by atoms with Crippen LogP contribution in [0.1, 0.15) is 10.6 Å². The molecule has 0 aliphatic heterocycles. The number of nitrogens with zero attached hydrogens (tertiary/aromatic N) is 3. The van der Waals surface area contributed by atoms with Gasteiger partial charge in [-0.15, -0.1) is 11.3 Å². The van der Waals surface area contributed by atoms with Crippen molar-refractivity contribution in [1.82, 2.24) is 4.98 Å². The van der Waals surface area contributed by atoms with E-state index < -0.39 is 10.5 Å². The summed E-state index contributed by atoms with van der Waals surface area (Å²) in [4.78, 5) is 27.3. The van der Waals surface area contributed by atoms with E-state index in [1.807, 2.05) is 31.2 Å². The fourth-order valence-electron chi connectivity index (χ4n) is 2.87. The number of fused-ring (bicyclic) bond motifs is 1. The van der Waals surface area contributed by atoms with Crippen LogP contribution in [0, 0.1) is 28.4 Å². The Bertz CT molecular complexity index is 1430. The van der Waals surface area contributed by atoms with Gasteiger partial charge < -0.3 is 9.73 Å². The Morgan fingerprint density at radius 3 is 2.74 bits per heavy atom. The number of thiazole rings is 1. The number of aromatic nitrogens is 1. The SMILES string of the molecule is Cc1ccc(N/C=C(\C#N)c2nc(-c3cc4cc([N+](=O)[O-])ccc4oc3=O)cs2)cc1. The van der Waals surface area contributed by atoms with Crippen LogP contribution in [0.25, 0.3) is 27.8 Å². The summed E-state index contributed by atoms with van der Waals surface area (Å²) in [5.41, 5.74) is 2.28. The molecule has 152 valence electrons. The summed E-state index contributed by atoms with van der Waals surface area (Å²) in [7, 11) is 0. The maximum Gasteiger partial charge on any atom is 0.345 e. The molecule has 0 bridgehead atoms. The summed E-state index contributed by atoms with van der Waals surface area (Å²) in [6, 6.07) is 15.3. The molecule has 0 unspecified atom stereocenters. The third-order valence-corrected chi connectivity index (χ3v) is 5.37. The van der Waals surface area contributed by atoms with Crippen molar-refractivity contribution in [3.8, 4) is 17.3 Å². The highest BCUT2D eigenvalue weighted by atomic mass is 32.1. The highest BCUT2D eigenvalue weighted by Crippen LogP contribution is 2.28. The first-order valence-electron chi connectivity index (χ1n) is 9.06. The average Bonchev–Trinajstić information content (AvgIpc) is 3.24. The van der Waals surface area contributed by atoms with Crippen molar-refractivity contribution in [3.05, 3.63) is 91.2 Å². The van der Waals surface area contributed by atoms with Crippen molar-refractivity contribution in [1.29, 1.82) is 5.26 Å². The molecule has 1 N–H and O–H groups in total. The average molecular weight is 430 g/mol. The molecule has 2 aromatic heterocycles. The van der Waals surface area contributed by atoms with Crippen molar-refractivity contribution in [3.63, 3.8) is 0 Å². The molecule has 4 aromatic rings. The molecule has 2 aromatic carbocycles. The number of aryl methyl sites for hydroxylation is 1. The largest absolute Gasteiger partial charge is 0.422 e. The van der Waals surface area contributed by atoms with Gasteiger partial charge in [-0.25, -0.2) is 9.78 Å². The lowest BCUT2D eigenvalue weighted by atomic mass is 10.1. The predicted molar refractivity (Wildman–Crippen MR) is 119 cm³/mol. The number of anilines is 1. The summed E-state index contributed by atoms with van der Waals surface area (Å²) >= 11 is 1.21. The molecular weight excluding hydrogens is 416 g/mol. The van der Waals surface area contributed by atoms with Gasteiger partial charge in [-0.2, -0.15) is 5.26 Å². The number of nitriles is 1. The maximum absolute atomic E-state index is 12.4. The Morgan fingerprint density at radius 1 is 1.26 bits per heavy atom. The maximum atomic E-state index is 12.4. The number of rotatable bonds is 5. The van der Waals surface area contributed by atoms with E-state index >= 15 is 0 Å². The highest BCUT2D eigenvalue weighted by Gasteiger charge is 2.15. The minimum atomic E-state index is -0.613. The Balaban J connectivity index is 1.67. The van der Waals surface area contributed by atoms with Gasteiger partial charge in [0.1, 0.15) is 22.2 Å². The quantitative estimate of drug-likeness (QED) is 0.202. The summed E-state index contributed by atoms with van der Waals surface area (Å²) in [5, 5.41) is 26.1.